The quantitative estimate of drug-likeness (QED) is 0.620. The molecule has 2 N–H and O–H groups in total. The molecule has 0 spiro atoms. The normalized spacial score (nSPS) is 16.1. The first-order valence-electron chi connectivity index (χ1n) is 9.66. The number of rotatable bonds is 7. The van der Waals surface area contributed by atoms with E-state index in [1.807, 2.05) is 25.1 Å². The number of carbonyl (C=O) groups excluding carboxylic acids is 1. The molecular weight excluding hydrogens is 388 g/mol. The summed E-state index contributed by atoms with van der Waals surface area (Å²) in [6.07, 6.45) is 3.19. The zero-order valence-corrected chi connectivity index (χ0v) is 17.3. The predicted molar refractivity (Wildman–Crippen MR) is 114 cm³/mol. The number of ether oxygens (including phenoxy) is 2. The molecule has 1 saturated heterocycles. The Morgan fingerprint density at radius 3 is 3.00 bits per heavy atom. The van der Waals surface area contributed by atoms with Gasteiger partial charge in [-0.15, -0.1) is 11.3 Å². The number of carbonyl (C=O) groups is 1. The van der Waals surface area contributed by atoms with Crippen LogP contribution in [-0.4, -0.2) is 48.8 Å². The van der Waals surface area contributed by atoms with Crippen LogP contribution in [0.4, 0.5) is 5.82 Å². The fourth-order valence-electron chi connectivity index (χ4n) is 3.55. The zero-order chi connectivity index (χ0) is 20.2. The Bertz CT molecular complexity index is 1010. The van der Waals surface area contributed by atoms with Gasteiger partial charge in [-0.2, -0.15) is 0 Å². The van der Waals surface area contributed by atoms with Crippen molar-refractivity contribution in [3.63, 3.8) is 0 Å². The number of anilines is 1. The van der Waals surface area contributed by atoms with Crippen LogP contribution in [0.2, 0.25) is 0 Å². The molecule has 0 bridgehead atoms. The third-order valence-electron chi connectivity index (χ3n) is 5.08. The van der Waals surface area contributed by atoms with Gasteiger partial charge in [0.2, 0.25) is 0 Å². The van der Waals surface area contributed by atoms with E-state index in [0.717, 1.165) is 45.8 Å². The second kappa shape index (κ2) is 8.75. The van der Waals surface area contributed by atoms with Gasteiger partial charge in [0.25, 0.3) is 5.91 Å². The largest absolute Gasteiger partial charge is 0.496 e. The molecule has 1 aromatic carbocycles. The van der Waals surface area contributed by atoms with Gasteiger partial charge in [0.05, 0.1) is 30.0 Å². The molecule has 29 heavy (non-hydrogen) atoms. The molecule has 8 heteroatoms. The molecule has 152 valence electrons. The van der Waals surface area contributed by atoms with E-state index in [0.29, 0.717) is 24.6 Å². The minimum Gasteiger partial charge on any atom is -0.496 e. The maximum atomic E-state index is 12.7. The number of methoxy groups -OCH3 is 1. The van der Waals surface area contributed by atoms with Crippen molar-refractivity contribution in [1.82, 2.24) is 15.3 Å². The fraction of sp³-hybridized carbons (Fsp3) is 0.381. The minimum atomic E-state index is -0.0685. The Kier molecular flexibility index (Phi) is 5.92. The number of nitrogens with zero attached hydrogens (tertiary/aromatic N) is 2. The molecule has 3 heterocycles. The van der Waals surface area contributed by atoms with Crippen molar-refractivity contribution < 1.29 is 14.3 Å². The highest BCUT2D eigenvalue weighted by Crippen LogP contribution is 2.33. The van der Waals surface area contributed by atoms with Gasteiger partial charge in [-0.25, -0.2) is 9.97 Å². The van der Waals surface area contributed by atoms with E-state index in [1.165, 1.54) is 17.7 Å². The summed E-state index contributed by atoms with van der Waals surface area (Å²) < 4.78 is 10.8. The number of nitrogens with one attached hydrogen (secondary N) is 2. The number of hydrogen-bond acceptors (Lipinski definition) is 7. The molecule has 4 rings (SSSR count). The Labute approximate surface area is 173 Å². The van der Waals surface area contributed by atoms with Gasteiger partial charge < -0.3 is 20.1 Å². The van der Waals surface area contributed by atoms with Crippen LogP contribution in [0, 0.1) is 6.92 Å². The predicted octanol–water partition coefficient (Wildman–Crippen LogP) is 3.18. The van der Waals surface area contributed by atoms with Gasteiger partial charge in [-0.3, -0.25) is 4.79 Å². The number of para-hydroxylation sites is 1. The number of hydrogen-bond donors (Lipinski definition) is 2. The van der Waals surface area contributed by atoms with Gasteiger partial charge in [0.15, 0.2) is 0 Å². The Balaban J connectivity index is 1.51. The van der Waals surface area contributed by atoms with E-state index < -0.39 is 0 Å². The highest BCUT2D eigenvalue weighted by Gasteiger charge is 2.23. The summed E-state index contributed by atoms with van der Waals surface area (Å²) in [5, 5.41) is 7.37. The van der Waals surface area contributed by atoms with Crippen molar-refractivity contribution in [1.29, 1.82) is 0 Å². The van der Waals surface area contributed by atoms with Crippen LogP contribution in [0.3, 0.4) is 0 Å². The second-order valence-electron chi connectivity index (χ2n) is 6.98. The molecule has 0 saturated carbocycles. The third kappa shape index (κ3) is 4.18. The maximum Gasteiger partial charge on any atom is 0.262 e. The Hall–Kier alpha value is -2.71. The summed E-state index contributed by atoms with van der Waals surface area (Å²) in [6, 6.07) is 8.06. The highest BCUT2D eigenvalue weighted by atomic mass is 32.1. The van der Waals surface area contributed by atoms with Crippen LogP contribution in [0.1, 0.15) is 27.2 Å². The van der Waals surface area contributed by atoms with Crippen molar-refractivity contribution in [2.24, 2.45) is 0 Å². The molecule has 1 aliphatic heterocycles. The van der Waals surface area contributed by atoms with Crippen LogP contribution in [0.15, 0.2) is 30.6 Å². The average Bonchev–Trinajstić information content (AvgIpc) is 3.36. The van der Waals surface area contributed by atoms with Crippen LogP contribution in [0.25, 0.3) is 10.2 Å². The van der Waals surface area contributed by atoms with Gasteiger partial charge >= 0.3 is 0 Å². The van der Waals surface area contributed by atoms with Crippen LogP contribution in [0.5, 0.6) is 5.75 Å². The molecule has 7 nitrogen and oxygen atoms in total. The summed E-state index contributed by atoms with van der Waals surface area (Å²) in [6.45, 7) is 3.92. The lowest BCUT2D eigenvalue weighted by Crippen LogP contribution is -2.34. The van der Waals surface area contributed by atoms with Crippen molar-refractivity contribution in [3.8, 4) is 5.75 Å². The lowest BCUT2D eigenvalue weighted by molar-refractivity contribution is 0.0933. The highest BCUT2D eigenvalue weighted by molar-refractivity contribution is 7.20. The third-order valence-corrected chi connectivity index (χ3v) is 6.28. The maximum absolute atomic E-state index is 12.7. The van der Waals surface area contributed by atoms with Crippen molar-refractivity contribution in [2.75, 3.05) is 32.2 Å². The lowest BCUT2D eigenvalue weighted by Gasteiger charge is -2.11. The first-order valence-corrected chi connectivity index (χ1v) is 10.5. The van der Waals surface area contributed by atoms with E-state index in [9.17, 15) is 4.79 Å². The molecule has 0 radical (unpaired) electrons. The summed E-state index contributed by atoms with van der Waals surface area (Å²) in [4.78, 5) is 23.0. The van der Waals surface area contributed by atoms with E-state index >= 15 is 0 Å². The topological polar surface area (TPSA) is 85.4 Å². The van der Waals surface area contributed by atoms with E-state index in [2.05, 4.69) is 26.7 Å². The van der Waals surface area contributed by atoms with E-state index in [4.69, 9.17) is 9.47 Å². The van der Waals surface area contributed by atoms with Gasteiger partial charge in [0.1, 0.15) is 22.7 Å². The monoisotopic (exact) mass is 412 g/mol. The Morgan fingerprint density at radius 1 is 1.34 bits per heavy atom. The summed E-state index contributed by atoms with van der Waals surface area (Å²) >= 11 is 1.40. The number of aromatic nitrogens is 2. The van der Waals surface area contributed by atoms with Crippen molar-refractivity contribution in [2.45, 2.75) is 25.8 Å². The number of benzene rings is 1. The smallest absolute Gasteiger partial charge is 0.262 e. The van der Waals surface area contributed by atoms with Crippen molar-refractivity contribution >= 4 is 33.3 Å². The molecule has 0 aliphatic carbocycles. The summed E-state index contributed by atoms with van der Waals surface area (Å²) in [7, 11) is 1.68. The standard InChI is InChI=1S/C21H24N4O3S/c1-13-17-19(22-9-7-14-5-3-4-6-16(14)27-2)23-12-24-21(17)29-18(13)20(26)25-15-8-10-28-11-15/h3-6,12,15H,7-11H2,1-2H3,(H,25,26)(H,22,23,24). The summed E-state index contributed by atoms with van der Waals surface area (Å²) in [5.74, 6) is 1.56. The molecule has 3 aromatic rings. The first kappa shape index (κ1) is 19.6. The number of thiophene rings is 1. The van der Waals surface area contributed by atoms with Crippen LogP contribution >= 0.6 is 11.3 Å². The molecule has 1 fully saturated rings. The molecule has 1 unspecified atom stereocenters. The minimum absolute atomic E-state index is 0.0685. The second-order valence-corrected chi connectivity index (χ2v) is 7.98. The first-order chi connectivity index (χ1) is 14.2. The van der Waals surface area contributed by atoms with E-state index in [-0.39, 0.29) is 11.9 Å². The number of fused-ring (bicyclic) bond motifs is 1. The molecule has 1 atom stereocenters. The lowest BCUT2D eigenvalue weighted by atomic mass is 10.1. The summed E-state index contributed by atoms with van der Waals surface area (Å²) in [5.41, 5.74) is 2.04. The van der Waals surface area contributed by atoms with Crippen LogP contribution in [-0.2, 0) is 11.2 Å². The number of amides is 1. The van der Waals surface area contributed by atoms with Gasteiger partial charge in [0, 0.05) is 13.2 Å². The molecule has 2 aromatic heterocycles. The van der Waals surface area contributed by atoms with Gasteiger partial charge in [-0.1, -0.05) is 18.2 Å². The molecule has 1 aliphatic rings. The zero-order valence-electron chi connectivity index (χ0n) is 16.5. The van der Waals surface area contributed by atoms with Crippen LogP contribution < -0.4 is 15.4 Å². The fourth-order valence-corrected chi connectivity index (χ4v) is 4.60. The van der Waals surface area contributed by atoms with Crippen molar-refractivity contribution in [3.05, 3.63) is 46.6 Å². The Morgan fingerprint density at radius 2 is 2.21 bits per heavy atom. The van der Waals surface area contributed by atoms with E-state index in [1.54, 1.807) is 7.11 Å². The molecular formula is C21H24N4O3S. The molecule has 1 amide bonds. The average molecular weight is 413 g/mol. The number of aryl methyl sites for hydroxylation is 1. The van der Waals surface area contributed by atoms with Gasteiger partial charge in [-0.05, 0) is 37.0 Å². The SMILES string of the molecule is COc1ccccc1CCNc1ncnc2sc(C(=O)NC3CCOC3)c(C)c12.